The first-order valence-corrected chi connectivity index (χ1v) is 6.29. The summed E-state index contributed by atoms with van der Waals surface area (Å²) in [6.07, 6.45) is 1.88. The van der Waals surface area contributed by atoms with Gasteiger partial charge in [-0.05, 0) is 13.3 Å². The molecule has 0 radical (unpaired) electrons. The van der Waals surface area contributed by atoms with Crippen LogP contribution in [-0.4, -0.2) is 23.8 Å². The van der Waals surface area contributed by atoms with Crippen molar-refractivity contribution in [2.75, 3.05) is 13.2 Å². The summed E-state index contributed by atoms with van der Waals surface area (Å²) < 4.78 is 5.71. The van der Waals surface area contributed by atoms with E-state index in [-0.39, 0.29) is 0 Å². The molecule has 0 saturated carbocycles. The molecule has 0 aromatic heterocycles. The van der Waals surface area contributed by atoms with Crippen molar-refractivity contribution in [1.29, 1.82) is 0 Å². The second kappa shape index (κ2) is 4.77. The summed E-state index contributed by atoms with van der Waals surface area (Å²) in [7, 11) is 0. The van der Waals surface area contributed by atoms with Crippen molar-refractivity contribution in [3.8, 4) is 0 Å². The molecule has 2 atom stereocenters. The molecule has 1 aliphatic rings. The highest BCUT2D eigenvalue weighted by Gasteiger charge is 2.50. The van der Waals surface area contributed by atoms with Crippen LogP contribution in [0, 0.1) is 0 Å². The Bertz CT molecular complexity index is 364. The Hall–Kier alpha value is -0.900. The van der Waals surface area contributed by atoms with E-state index in [0.29, 0.717) is 6.61 Å². The predicted octanol–water partition coefficient (Wildman–Crippen LogP) is 2.01. The monoisotopic (exact) mass is 235 g/mol. The van der Waals surface area contributed by atoms with Crippen molar-refractivity contribution in [3.63, 3.8) is 0 Å². The normalized spacial score (nSPS) is 33.6. The molecule has 2 rings (SSSR count). The van der Waals surface area contributed by atoms with E-state index < -0.39 is 11.3 Å². The van der Waals surface area contributed by atoms with Crippen LogP contribution in [0.5, 0.6) is 0 Å². The summed E-state index contributed by atoms with van der Waals surface area (Å²) in [6, 6.07) is 9.64. The molecule has 1 aromatic carbocycles. The lowest BCUT2D eigenvalue weighted by atomic mass is 9.81. The van der Waals surface area contributed by atoms with Crippen molar-refractivity contribution in [2.45, 2.75) is 38.0 Å². The Morgan fingerprint density at radius 1 is 1.35 bits per heavy atom. The van der Waals surface area contributed by atoms with E-state index in [4.69, 9.17) is 4.74 Å². The smallest absolute Gasteiger partial charge is 0.211 e. The zero-order valence-electron chi connectivity index (χ0n) is 10.6. The minimum atomic E-state index is -1.23. The molecular formula is C14H21NO2. The van der Waals surface area contributed by atoms with E-state index in [2.05, 4.69) is 12.2 Å². The van der Waals surface area contributed by atoms with Gasteiger partial charge in [-0.1, -0.05) is 43.7 Å². The third-order valence-corrected chi connectivity index (χ3v) is 3.59. The van der Waals surface area contributed by atoms with E-state index in [1.54, 1.807) is 0 Å². The van der Waals surface area contributed by atoms with E-state index >= 15 is 0 Å². The van der Waals surface area contributed by atoms with Crippen molar-refractivity contribution in [2.24, 2.45) is 0 Å². The van der Waals surface area contributed by atoms with Crippen LogP contribution in [0.15, 0.2) is 30.3 Å². The molecule has 1 saturated heterocycles. The molecule has 0 unspecified atom stereocenters. The summed E-state index contributed by atoms with van der Waals surface area (Å²) in [5.41, 5.74) is 0.393. The summed E-state index contributed by atoms with van der Waals surface area (Å²) in [5.74, 6) is -1.23. The largest absolute Gasteiger partial charge is 0.360 e. The quantitative estimate of drug-likeness (QED) is 0.842. The maximum atomic E-state index is 10.9. The van der Waals surface area contributed by atoms with Gasteiger partial charge in [-0.3, -0.25) is 0 Å². The Balaban J connectivity index is 2.38. The van der Waals surface area contributed by atoms with Crippen LogP contribution in [0.4, 0.5) is 0 Å². The third-order valence-electron chi connectivity index (χ3n) is 3.59. The van der Waals surface area contributed by atoms with Gasteiger partial charge in [-0.15, -0.1) is 0 Å². The Kier molecular flexibility index (Phi) is 3.52. The molecule has 0 bridgehead atoms. The van der Waals surface area contributed by atoms with E-state index in [0.717, 1.165) is 24.9 Å². The number of hydrogen-bond acceptors (Lipinski definition) is 3. The molecule has 94 valence electrons. The lowest BCUT2D eigenvalue weighted by Gasteiger charge is -2.48. The van der Waals surface area contributed by atoms with Crippen LogP contribution >= 0.6 is 0 Å². The molecular weight excluding hydrogens is 214 g/mol. The molecule has 0 aliphatic carbocycles. The van der Waals surface area contributed by atoms with Gasteiger partial charge in [0, 0.05) is 12.1 Å². The summed E-state index contributed by atoms with van der Waals surface area (Å²) in [5, 5.41) is 14.3. The number of aliphatic hydroxyl groups is 1. The molecule has 0 spiro atoms. The lowest BCUT2D eigenvalue weighted by molar-refractivity contribution is -0.278. The van der Waals surface area contributed by atoms with Crippen LogP contribution in [-0.2, 0) is 10.5 Å². The molecule has 17 heavy (non-hydrogen) atoms. The Morgan fingerprint density at radius 3 is 2.71 bits per heavy atom. The molecule has 3 nitrogen and oxygen atoms in total. The second-order valence-corrected chi connectivity index (χ2v) is 4.87. The van der Waals surface area contributed by atoms with Gasteiger partial charge in [0.2, 0.25) is 5.79 Å². The zero-order chi connectivity index (χ0) is 12.4. The minimum Gasteiger partial charge on any atom is -0.360 e. The molecule has 2 N–H and O–H groups in total. The fourth-order valence-electron chi connectivity index (χ4n) is 2.63. The topological polar surface area (TPSA) is 41.5 Å². The SMILES string of the molecule is CCC[C@@]1(C)NCCO[C@@]1(O)c1ccccc1. The van der Waals surface area contributed by atoms with Crippen molar-refractivity contribution in [3.05, 3.63) is 35.9 Å². The molecule has 0 amide bonds. The Morgan fingerprint density at radius 2 is 2.06 bits per heavy atom. The standard InChI is InChI=1S/C14H21NO2/c1-3-9-13(2)14(16,17-11-10-15-13)12-7-5-4-6-8-12/h4-8,15-16H,3,9-11H2,1-2H3/t13-,14+/m1/s1. The van der Waals surface area contributed by atoms with Gasteiger partial charge in [-0.25, -0.2) is 0 Å². The van der Waals surface area contributed by atoms with Crippen LogP contribution < -0.4 is 5.32 Å². The van der Waals surface area contributed by atoms with Gasteiger partial charge in [0.15, 0.2) is 0 Å². The number of rotatable bonds is 3. The Labute approximate surface area is 103 Å². The van der Waals surface area contributed by atoms with Crippen molar-refractivity contribution in [1.82, 2.24) is 5.32 Å². The maximum Gasteiger partial charge on any atom is 0.211 e. The number of morpholine rings is 1. The van der Waals surface area contributed by atoms with Crippen molar-refractivity contribution < 1.29 is 9.84 Å². The molecule has 1 fully saturated rings. The predicted molar refractivity (Wildman–Crippen MR) is 67.6 cm³/mol. The van der Waals surface area contributed by atoms with Gasteiger partial charge in [0.05, 0.1) is 12.1 Å². The van der Waals surface area contributed by atoms with Gasteiger partial charge < -0.3 is 15.2 Å². The number of nitrogens with one attached hydrogen (secondary N) is 1. The van der Waals surface area contributed by atoms with Crippen LogP contribution in [0.25, 0.3) is 0 Å². The average Bonchev–Trinajstić information content (AvgIpc) is 2.35. The fraction of sp³-hybridized carbons (Fsp3) is 0.571. The first-order chi connectivity index (χ1) is 8.12. The van der Waals surface area contributed by atoms with Gasteiger partial charge in [-0.2, -0.15) is 0 Å². The average molecular weight is 235 g/mol. The van der Waals surface area contributed by atoms with E-state index in [9.17, 15) is 5.11 Å². The third kappa shape index (κ3) is 2.10. The number of benzene rings is 1. The highest BCUT2D eigenvalue weighted by atomic mass is 16.6. The van der Waals surface area contributed by atoms with Gasteiger partial charge >= 0.3 is 0 Å². The minimum absolute atomic E-state index is 0.429. The zero-order valence-corrected chi connectivity index (χ0v) is 10.6. The lowest BCUT2D eigenvalue weighted by Crippen LogP contribution is -2.64. The van der Waals surface area contributed by atoms with E-state index in [1.807, 2.05) is 37.3 Å². The van der Waals surface area contributed by atoms with Gasteiger partial charge in [0.25, 0.3) is 0 Å². The highest BCUT2D eigenvalue weighted by Crippen LogP contribution is 2.39. The first kappa shape index (κ1) is 12.6. The second-order valence-electron chi connectivity index (χ2n) is 4.87. The first-order valence-electron chi connectivity index (χ1n) is 6.29. The molecule has 1 aliphatic heterocycles. The van der Waals surface area contributed by atoms with Crippen molar-refractivity contribution >= 4 is 0 Å². The van der Waals surface area contributed by atoms with Gasteiger partial charge in [0.1, 0.15) is 0 Å². The fourth-order valence-corrected chi connectivity index (χ4v) is 2.63. The summed E-state index contributed by atoms with van der Waals surface area (Å²) in [6.45, 7) is 5.46. The molecule has 3 heteroatoms. The number of ether oxygens (including phenoxy) is 1. The maximum absolute atomic E-state index is 10.9. The van der Waals surface area contributed by atoms with Crippen LogP contribution in [0.3, 0.4) is 0 Å². The van der Waals surface area contributed by atoms with Crippen LogP contribution in [0.2, 0.25) is 0 Å². The van der Waals surface area contributed by atoms with Crippen LogP contribution in [0.1, 0.15) is 32.3 Å². The highest BCUT2D eigenvalue weighted by molar-refractivity contribution is 5.25. The molecule has 1 heterocycles. The summed E-state index contributed by atoms with van der Waals surface area (Å²) >= 11 is 0. The number of hydrogen-bond donors (Lipinski definition) is 2. The summed E-state index contributed by atoms with van der Waals surface area (Å²) in [4.78, 5) is 0. The van der Waals surface area contributed by atoms with E-state index in [1.165, 1.54) is 0 Å². The molecule has 1 aromatic rings.